The van der Waals surface area contributed by atoms with Gasteiger partial charge in [0.2, 0.25) is 5.91 Å². The van der Waals surface area contributed by atoms with Crippen LogP contribution in [0.1, 0.15) is 57.3 Å². The number of likely N-dealkylation sites (tertiary alicyclic amines) is 1. The van der Waals surface area contributed by atoms with Gasteiger partial charge in [-0.2, -0.15) is 0 Å². The Hall–Kier alpha value is -1.84. The van der Waals surface area contributed by atoms with E-state index in [1.54, 1.807) is 0 Å². The number of carbonyl (C=O) groups is 1. The fourth-order valence-corrected chi connectivity index (χ4v) is 4.50. The number of rotatable bonds is 4. The lowest BCUT2D eigenvalue weighted by molar-refractivity contribution is -0.137. The Bertz CT molecular complexity index is 673. The minimum absolute atomic E-state index is 0.336. The fourth-order valence-electron chi connectivity index (χ4n) is 4.50. The molecule has 2 heterocycles. The van der Waals surface area contributed by atoms with Crippen LogP contribution < -0.4 is 0 Å². The maximum Gasteiger partial charge on any atom is 0.222 e. The van der Waals surface area contributed by atoms with E-state index in [1.165, 1.54) is 38.5 Å². The van der Waals surface area contributed by atoms with Crippen molar-refractivity contribution in [3.05, 3.63) is 30.2 Å². The molecule has 1 amide bonds. The van der Waals surface area contributed by atoms with Gasteiger partial charge in [-0.3, -0.25) is 4.79 Å². The van der Waals surface area contributed by atoms with Crippen LogP contribution in [-0.2, 0) is 11.2 Å². The van der Waals surface area contributed by atoms with E-state index in [9.17, 15) is 4.79 Å². The molecule has 4 heteroatoms. The molecule has 2 atom stereocenters. The number of para-hydroxylation sites is 2. The van der Waals surface area contributed by atoms with Crippen LogP contribution in [-0.4, -0.2) is 28.4 Å². The van der Waals surface area contributed by atoms with E-state index in [-0.39, 0.29) is 0 Å². The second-order valence-electron chi connectivity index (χ2n) is 7.27. The third kappa shape index (κ3) is 3.19. The van der Waals surface area contributed by atoms with E-state index in [2.05, 4.69) is 9.88 Å². The van der Waals surface area contributed by atoms with Gasteiger partial charge in [0, 0.05) is 25.4 Å². The Labute approximate surface area is 143 Å². The summed E-state index contributed by atoms with van der Waals surface area (Å²) in [5, 5.41) is 0. The first-order valence-corrected chi connectivity index (χ1v) is 9.45. The summed E-state index contributed by atoms with van der Waals surface area (Å²) >= 11 is 0. The minimum Gasteiger partial charge on any atom is -0.441 e. The number of hydrogen-bond acceptors (Lipinski definition) is 3. The molecular formula is C20H26N2O2. The van der Waals surface area contributed by atoms with Crippen molar-refractivity contribution in [1.29, 1.82) is 0 Å². The number of piperidine rings is 1. The van der Waals surface area contributed by atoms with E-state index in [0.29, 0.717) is 18.4 Å². The van der Waals surface area contributed by atoms with E-state index in [0.717, 1.165) is 42.3 Å². The maximum absolute atomic E-state index is 12.7. The summed E-state index contributed by atoms with van der Waals surface area (Å²) in [6.07, 6.45) is 9.83. The first-order chi connectivity index (χ1) is 11.8. The number of nitrogens with zero attached hydrogens (tertiary/aromatic N) is 2. The Kier molecular flexibility index (Phi) is 4.54. The highest BCUT2D eigenvalue weighted by molar-refractivity contribution is 5.76. The zero-order chi connectivity index (χ0) is 16.4. The quantitative estimate of drug-likeness (QED) is 0.840. The van der Waals surface area contributed by atoms with Crippen LogP contribution in [0.25, 0.3) is 11.1 Å². The van der Waals surface area contributed by atoms with Gasteiger partial charge in [0.25, 0.3) is 0 Å². The van der Waals surface area contributed by atoms with Crippen LogP contribution in [0.15, 0.2) is 28.7 Å². The van der Waals surface area contributed by atoms with Crippen LogP contribution in [0.5, 0.6) is 0 Å². The topological polar surface area (TPSA) is 46.3 Å². The second-order valence-corrected chi connectivity index (χ2v) is 7.27. The maximum atomic E-state index is 12.7. The molecule has 0 bridgehead atoms. The Balaban J connectivity index is 1.32. The molecule has 24 heavy (non-hydrogen) atoms. The van der Waals surface area contributed by atoms with Gasteiger partial charge in [0.05, 0.1) is 0 Å². The highest BCUT2D eigenvalue weighted by atomic mass is 16.3. The minimum atomic E-state index is 0.336. The summed E-state index contributed by atoms with van der Waals surface area (Å²) in [6.45, 7) is 0.961. The summed E-state index contributed by atoms with van der Waals surface area (Å²) < 4.78 is 5.75. The van der Waals surface area contributed by atoms with Crippen molar-refractivity contribution in [2.45, 2.75) is 63.8 Å². The number of amides is 1. The van der Waals surface area contributed by atoms with Gasteiger partial charge >= 0.3 is 0 Å². The molecule has 0 N–H and O–H groups in total. The summed E-state index contributed by atoms with van der Waals surface area (Å²) in [7, 11) is 0. The predicted molar refractivity (Wildman–Crippen MR) is 93.6 cm³/mol. The summed E-state index contributed by atoms with van der Waals surface area (Å²) in [4.78, 5) is 19.4. The van der Waals surface area contributed by atoms with Crippen molar-refractivity contribution in [3.63, 3.8) is 0 Å². The SMILES string of the molecule is O=C(CCCc1nc2ccccc2o1)N1CCC[C@@H]2CCCC[C@H]21. The lowest BCUT2D eigenvalue weighted by Crippen LogP contribution is -2.49. The standard InChI is InChI=1S/C20H26N2O2/c23-20(22-14-6-8-15-7-1-3-10-17(15)22)13-5-12-19-21-16-9-2-4-11-18(16)24-19/h2,4,9,11,15,17H,1,3,5-8,10,12-14H2/t15-,17+/m0/s1. The van der Waals surface area contributed by atoms with E-state index in [1.807, 2.05) is 24.3 Å². The van der Waals surface area contributed by atoms with E-state index >= 15 is 0 Å². The fraction of sp³-hybridized carbons (Fsp3) is 0.600. The van der Waals surface area contributed by atoms with Crippen LogP contribution in [0.2, 0.25) is 0 Å². The van der Waals surface area contributed by atoms with Crippen LogP contribution in [0.4, 0.5) is 0 Å². The number of aromatic nitrogens is 1. The van der Waals surface area contributed by atoms with Crippen molar-refractivity contribution in [2.24, 2.45) is 5.92 Å². The molecule has 0 spiro atoms. The molecule has 1 saturated carbocycles. The number of benzene rings is 1. The average molecular weight is 326 g/mol. The first-order valence-electron chi connectivity index (χ1n) is 9.45. The molecule has 1 saturated heterocycles. The van der Waals surface area contributed by atoms with Gasteiger partial charge in [0.15, 0.2) is 11.5 Å². The van der Waals surface area contributed by atoms with Crippen LogP contribution in [0.3, 0.4) is 0 Å². The second kappa shape index (κ2) is 6.96. The van der Waals surface area contributed by atoms with E-state index in [4.69, 9.17) is 4.42 Å². The van der Waals surface area contributed by atoms with E-state index < -0.39 is 0 Å². The van der Waals surface area contributed by atoms with Crippen molar-refractivity contribution in [1.82, 2.24) is 9.88 Å². The summed E-state index contributed by atoms with van der Waals surface area (Å²) in [5.74, 6) is 1.84. The first kappa shape index (κ1) is 15.7. The molecule has 1 aromatic carbocycles. The third-order valence-corrected chi connectivity index (χ3v) is 5.68. The Morgan fingerprint density at radius 3 is 2.92 bits per heavy atom. The predicted octanol–water partition coefficient (Wildman–Crippen LogP) is 4.33. The van der Waals surface area contributed by atoms with Gasteiger partial charge in [-0.1, -0.05) is 25.0 Å². The molecular weight excluding hydrogens is 300 g/mol. The molecule has 128 valence electrons. The van der Waals surface area contributed by atoms with Gasteiger partial charge < -0.3 is 9.32 Å². The highest BCUT2D eigenvalue weighted by Gasteiger charge is 2.35. The zero-order valence-electron chi connectivity index (χ0n) is 14.2. The summed E-state index contributed by atoms with van der Waals surface area (Å²) in [5.41, 5.74) is 1.74. The van der Waals surface area contributed by atoms with Crippen molar-refractivity contribution in [2.75, 3.05) is 6.54 Å². The molecule has 0 unspecified atom stereocenters. The number of carbonyl (C=O) groups excluding carboxylic acids is 1. The zero-order valence-corrected chi connectivity index (χ0v) is 14.2. The van der Waals surface area contributed by atoms with Crippen LogP contribution in [0, 0.1) is 5.92 Å². The smallest absolute Gasteiger partial charge is 0.222 e. The molecule has 2 fully saturated rings. The lowest BCUT2D eigenvalue weighted by atomic mass is 9.78. The molecule has 4 rings (SSSR count). The van der Waals surface area contributed by atoms with Gasteiger partial charge in [-0.15, -0.1) is 0 Å². The van der Waals surface area contributed by atoms with Crippen molar-refractivity contribution < 1.29 is 9.21 Å². The average Bonchev–Trinajstić information content (AvgIpc) is 3.04. The molecule has 1 aliphatic carbocycles. The van der Waals surface area contributed by atoms with Gasteiger partial charge in [0.1, 0.15) is 5.52 Å². The number of oxazole rings is 1. The van der Waals surface area contributed by atoms with Crippen LogP contribution >= 0.6 is 0 Å². The Morgan fingerprint density at radius 1 is 1.17 bits per heavy atom. The van der Waals surface area contributed by atoms with Gasteiger partial charge in [-0.25, -0.2) is 4.98 Å². The lowest BCUT2D eigenvalue weighted by Gasteiger charge is -2.44. The normalized spacial score (nSPS) is 24.1. The number of fused-ring (bicyclic) bond motifs is 2. The Morgan fingerprint density at radius 2 is 2.00 bits per heavy atom. The molecule has 0 radical (unpaired) electrons. The number of aryl methyl sites for hydroxylation is 1. The molecule has 4 nitrogen and oxygen atoms in total. The summed E-state index contributed by atoms with van der Waals surface area (Å²) in [6, 6.07) is 8.34. The van der Waals surface area contributed by atoms with Crippen molar-refractivity contribution in [3.8, 4) is 0 Å². The van der Waals surface area contributed by atoms with Crippen molar-refractivity contribution >= 4 is 17.0 Å². The largest absolute Gasteiger partial charge is 0.441 e. The molecule has 1 aromatic heterocycles. The highest BCUT2D eigenvalue weighted by Crippen LogP contribution is 2.35. The molecule has 2 aliphatic rings. The monoisotopic (exact) mass is 326 g/mol. The van der Waals surface area contributed by atoms with Gasteiger partial charge in [-0.05, 0) is 50.2 Å². The molecule has 2 aromatic rings. The third-order valence-electron chi connectivity index (χ3n) is 5.68. The molecule has 1 aliphatic heterocycles. The number of hydrogen-bond donors (Lipinski definition) is 0.